The highest BCUT2D eigenvalue weighted by Crippen LogP contribution is 2.58. The van der Waals surface area contributed by atoms with E-state index in [1.807, 2.05) is 0 Å². The zero-order valence-electron chi connectivity index (χ0n) is 10.4. The molecule has 0 bridgehead atoms. The Morgan fingerprint density at radius 1 is 1.20 bits per heavy atom. The van der Waals surface area contributed by atoms with Crippen LogP contribution in [-0.2, 0) is 5.41 Å². The molecule has 0 saturated heterocycles. The van der Waals surface area contributed by atoms with Crippen LogP contribution in [0.4, 0.5) is 0 Å². The third-order valence-electron chi connectivity index (χ3n) is 4.44. The highest BCUT2D eigenvalue weighted by molar-refractivity contribution is 5.39. The summed E-state index contributed by atoms with van der Waals surface area (Å²) in [5.74, 6) is 0.935. The smallest absolute Gasteiger partial charge is 0.00181 e. The summed E-state index contributed by atoms with van der Waals surface area (Å²) in [5, 5.41) is 0. The van der Waals surface area contributed by atoms with Crippen molar-refractivity contribution in [1.29, 1.82) is 0 Å². The van der Waals surface area contributed by atoms with Crippen LogP contribution in [0.25, 0.3) is 0 Å². The van der Waals surface area contributed by atoms with Gasteiger partial charge in [-0.1, -0.05) is 38.5 Å². The molecule has 1 aliphatic carbocycles. The molecule has 15 heavy (non-hydrogen) atoms. The fourth-order valence-electron chi connectivity index (χ4n) is 2.96. The van der Waals surface area contributed by atoms with Gasteiger partial charge in [-0.15, -0.1) is 0 Å². The van der Waals surface area contributed by atoms with Crippen LogP contribution in [0.3, 0.4) is 0 Å². The number of aryl methyl sites for hydroxylation is 2. The van der Waals surface area contributed by atoms with Gasteiger partial charge in [-0.3, -0.25) is 0 Å². The van der Waals surface area contributed by atoms with Gasteiger partial charge in [0.1, 0.15) is 0 Å². The van der Waals surface area contributed by atoms with E-state index in [9.17, 15) is 0 Å². The average Bonchev–Trinajstić information content (AvgIpc) is 2.97. The van der Waals surface area contributed by atoms with Crippen LogP contribution in [-0.4, -0.2) is 0 Å². The minimum atomic E-state index is 0.535. The second kappa shape index (κ2) is 3.66. The van der Waals surface area contributed by atoms with E-state index in [1.165, 1.54) is 30.4 Å². The second-order valence-corrected chi connectivity index (χ2v) is 5.12. The van der Waals surface area contributed by atoms with Crippen molar-refractivity contribution in [3.8, 4) is 0 Å². The minimum Gasteiger partial charge on any atom is -0.0651 e. The molecule has 0 heterocycles. The Hall–Kier alpha value is -0.780. The van der Waals surface area contributed by atoms with Gasteiger partial charge in [0, 0.05) is 0 Å². The lowest BCUT2D eigenvalue weighted by Crippen LogP contribution is -2.08. The Labute approximate surface area is 93.7 Å². The van der Waals surface area contributed by atoms with Crippen LogP contribution in [0.1, 0.15) is 49.8 Å². The first-order valence-electron chi connectivity index (χ1n) is 6.21. The molecule has 0 N–H and O–H groups in total. The SMILES string of the molecule is CCC1CC1(CC)c1ccc(C)c(C)c1. The van der Waals surface area contributed by atoms with E-state index in [-0.39, 0.29) is 0 Å². The van der Waals surface area contributed by atoms with Crippen LogP contribution < -0.4 is 0 Å². The van der Waals surface area contributed by atoms with Crippen molar-refractivity contribution in [3.05, 3.63) is 34.9 Å². The van der Waals surface area contributed by atoms with Gasteiger partial charge in [0.15, 0.2) is 0 Å². The number of hydrogen-bond donors (Lipinski definition) is 0. The molecule has 0 aromatic heterocycles. The van der Waals surface area contributed by atoms with E-state index in [2.05, 4.69) is 45.9 Å². The second-order valence-electron chi connectivity index (χ2n) is 5.12. The largest absolute Gasteiger partial charge is 0.0651 e. The first-order chi connectivity index (χ1) is 7.14. The maximum absolute atomic E-state index is 2.41. The van der Waals surface area contributed by atoms with Gasteiger partial charge in [0.25, 0.3) is 0 Å². The number of rotatable bonds is 3. The lowest BCUT2D eigenvalue weighted by atomic mass is 9.88. The maximum Gasteiger partial charge on any atom is -0.00181 e. The quantitative estimate of drug-likeness (QED) is 0.682. The van der Waals surface area contributed by atoms with Gasteiger partial charge < -0.3 is 0 Å². The predicted octanol–water partition coefficient (Wildman–Crippen LogP) is 4.38. The summed E-state index contributed by atoms with van der Waals surface area (Å²) >= 11 is 0. The van der Waals surface area contributed by atoms with Crippen molar-refractivity contribution < 1.29 is 0 Å². The van der Waals surface area contributed by atoms with E-state index in [0.717, 1.165) is 5.92 Å². The van der Waals surface area contributed by atoms with Crippen molar-refractivity contribution >= 4 is 0 Å². The zero-order chi connectivity index (χ0) is 11.1. The molecule has 1 fully saturated rings. The molecule has 1 aromatic rings. The van der Waals surface area contributed by atoms with Gasteiger partial charge in [-0.2, -0.15) is 0 Å². The molecule has 0 nitrogen and oxygen atoms in total. The molecular weight excluding hydrogens is 180 g/mol. The number of hydrogen-bond acceptors (Lipinski definition) is 0. The van der Waals surface area contributed by atoms with Crippen molar-refractivity contribution in [2.75, 3.05) is 0 Å². The predicted molar refractivity (Wildman–Crippen MR) is 66.3 cm³/mol. The lowest BCUT2D eigenvalue weighted by Gasteiger charge is -2.17. The summed E-state index contributed by atoms with van der Waals surface area (Å²) < 4.78 is 0. The van der Waals surface area contributed by atoms with Crippen LogP contribution >= 0.6 is 0 Å². The molecule has 0 spiro atoms. The van der Waals surface area contributed by atoms with Gasteiger partial charge >= 0.3 is 0 Å². The maximum atomic E-state index is 2.41. The van der Waals surface area contributed by atoms with Gasteiger partial charge in [0.05, 0.1) is 0 Å². The van der Waals surface area contributed by atoms with Gasteiger partial charge in [0.2, 0.25) is 0 Å². The molecule has 82 valence electrons. The molecule has 2 unspecified atom stereocenters. The first-order valence-corrected chi connectivity index (χ1v) is 6.21. The summed E-state index contributed by atoms with van der Waals surface area (Å²) in [5.41, 5.74) is 4.98. The first kappa shape index (κ1) is 10.7. The van der Waals surface area contributed by atoms with Crippen LogP contribution in [0, 0.1) is 19.8 Å². The van der Waals surface area contributed by atoms with Crippen molar-refractivity contribution in [2.24, 2.45) is 5.92 Å². The Morgan fingerprint density at radius 2 is 1.93 bits per heavy atom. The van der Waals surface area contributed by atoms with Crippen LogP contribution in [0.5, 0.6) is 0 Å². The van der Waals surface area contributed by atoms with E-state index in [0.29, 0.717) is 5.41 Å². The Bertz CT molecular complexity index is 364. The zero-order valence-corrected chi connectivity index (χ0v) is 10.4. The summed E-state index contributed by atoms with van der Waals surface area (Å²) in [7, 11) is 0. The monoisotopic (exact) mass is 202 g/mol. The summed E-state index contributed by atoms with van der Waals surface area (Å²) in [6, 6.07) is 7.04. The molecule has 1 aliphatic rings. The molecule has 0 amide bonds. The lowest BCUT2D eigenvalue weighted by molar-refractivity contribution is 0.571. The van der Waals surface area contributed by atoms with E-state index in [4.69, 9.17) is 0 Å². The van der Waals surface area contributed by atoms with Crippen molar-refractivity contribution in [1.82, 2.24) is 0 Å². The van der Waals surface area contributed by atoms with Crippen molar-refractivity contribution in [2.45, 2.75) is 52.4 Å². The molecule has 2 rings (SSSR count). The average molecular weight is 202 g/mol. The van der Waals surface area contributed by atoms with Crippen LogP contribution in [0.15, 0.2) is 18.2 Å². The highest BCUT2D eigenvalue weighted by Gasteiger charge is 2.52. The molecule has 1 saturated carbocycles. The number of benzene rings is 1. The molecule has 0 aliphatic heterocycles. The van der Waals surface area contributed by atoms with Crippen LogP contribution in [0.2, 0.25) is 0 Å². The van der Waals surface area contributed by atoms with Crippen molar-refractivity contribution in [3.63, 3.8) is 0 Å². The topological polar surface area (TPSA) is 0 Å². The summed E-state index contributed by atoms with van der Waals surface area (Å²) in [6.07, 6.45) is 4.04. The molecule has 1 aromatic carbocycles. The third kappa shape index (κ3) is 1.60. The normalized spacial score (nSPS) is 29.2. The fraction of sp³-hybridized carbons (Fsp3) is 0.600. The van der Waals surface area contributed by atoms with E-state index in [1.54, 1.807) is 5.56 Å². The third-order valence-corrected chi connectivity index (χ3v) is 4.44. The Morgan fingerprint density at radius 3 is 2.40 bits per heavy atom. The Balaban J connectivity index is 2.33. The Kier molecular flexibility index (Phi) is 2.62. The highest BCUT2D eigenvalue weighted by atomic mass is 14.6. The standard InChI is InChI=1S/C15H22/c1-5-13-10-15(13,6-2)14-8-7-11(3)12(4)9-14/h7-9,13H,5-6,10H2,1-4H3. The molecule has 0 radical (unpaired) electrons. The molecule has 2 atom stereocenters. The molecule has 0 heteroatoms. The van der Waals surface area contributed by atoms with E-state index < -0.39 is 0 Å². The minimum absolute atomic E-state index is 0.535. The molecular formula is C15H22. The van der Waals surface area contributed by atoms with Gasteiger partial charge in [-0.25, -0.2) is 0 Å². The fourth-order valence-corrected chi connectivity index (χ4v) is 2.96. The summed E-state index contributed by atoms with van der Waals surface area (Å²) in [6.45, 7) is 9.08. The van der Waals surface area contributed by atoms with Gasteiger partial charge in [-0.05, 0) is 54.7 Å². The summed E-state index contributed by atoms with van der Waals surface area (Å²) in [4.78, 5) is 0. The van der Waals surface area contributed by atoms with E-state index >= 15 is 0 Å².